The molecular formula is C13H20N2O3S. The number of nitrogens with one attached hydrogen (secondary N) is 2. The van der Waals surface area contributed by atoms with E-state index in [0.29, 0.717) is 24.8 Å². The van der Waals surface area contributed by atoms with Crippen LogP contribution < -0.4 is 14.8 Å². The molecule has 2 N–H and O–H groups in total. The summed E-state index contributed by atoms with van der Waals surface area (Å²) in [6.07, 6.45) is 2.25. The van der Waals surface area contributed by atoms with Crippen molar-refractivity contribution < 1.29 is 13.2 Å². The first-order valence-electron chi connectivity index (χ1n) is 6.49. The molecule has 0 amide bonds. The molecule has 0 aliphatic heterocycles. The van der Waals surface area contributed by atoms with Gasteiger partial charge in [0.1, 0.15) is 12.4 Å². The number of sulfonamides is 1. The average molecular weight is 284 g/mol. The van der Waals surface area contributed by atoms with E-state index in [4.69, 9.17) is 4.74 Å². The maximum Gasteiger partial charge on any atom is 0.240 e. The van der Waals surface area contributed by atoms with Crippen molar-refractivity contribution in [3.05, 3.63) is 24.3 Å². The van der Waals surface area contributed by atoms with Gasteiger partial charge in [0, 0.05) is 13.1 Å². The van der Waals surface area contributed by atoms with E-state index in [1.54, 1.807) is 24.3 Å². The molecule has 1 aromatic carbocycles. The molecule has 0 spiro atoms. The smallest absolute Gasteiger partial charge is 0.240 e. The fourth-order valence-corrected chi connectivity index (χ4v) is 2.74. The summed E-state index contributed by atoms with van der Waals surface area (Å²) in [4.78, 5) is 0.286. The SMILES string of the molecule is CNCCOc1ccc(S(=O)(=O)NCC2CC2)cc1. The summed E-state index contributed by atoms with van der Waals surface area (Å²) in [5.41, 5.74) is 0. The molecule has 1 aliphatic carbocycles. The van der Waals surface area contributed by atoms with Gasteiger partial charge in [0.05, 0.1) is 4.90 Å². The standard InChI is InChI=1S/C13H20N2O3S/c1-14-8-9-18-12-4-6-13(7-5-12)19(16,17)15-10-11-2-3-11/h4-7,11,14-15H,2-3,8-10H2,1H3. The van der Waals surface area contributed by atoms with Crippen molar-refractivity contribution in [1.29, 1.82) is 0 Å². The molecule has 2 rings (SSSR count). The lowest BCUT2D eigenvalue weighted by molar-refractivity contribution is 0.318. The molecule has 0 bridgehead atoms. The highest BCUT2D eigenvalue weighted by atomic mass is 32.2. The van der Waals surface area contributed by atoms with E-state index in [2.05, 4.69) is 10.0 Å². The van der Waals surface area contributed by atoms with Gasteiger partial charge in [0.25, 0.3) is 0 Å². The number of hydrogen-bond donors (Lipinski definition) is 2. The van der Waals surface area contributed by atoms with Gasteiger partial charge in [0.2, 0.25) is 10.0 Å². The molecule has 0 aromatic heterocycles. The summed E-state index contributed by atoms with van der Waals surface area (Å²) in [5.74, 6) is 1.20. The number of ether oxygens (including phenoxy) is 1. The van der Waals surface area contributed by atoms with Crippen LogP contribution in [0.3, 0.4) is 0 Å². The van der Waals surface area contributed by atoms with Crippen LogP contribution >= 0.6 is 0 Å². The van der Waals surface area contributed by atoms with E-state index in [0.717, 1.165) is 19.4 Å². The van der Waals surface area contributed by atoms with Crippen LogP contribution in [0.4, 0.5) is 0 Å². The second-order valence-corrected chi connectivity index (χ2v) is 6.49. The van der Waals surface area contributed by atoms with E-state index < -0.39 is 10.0 Å². The number of likely N-dealkylation sites (N-methyl/N-ethyl adjacent to an activating group) is 1. The van der Waals surface area contributed by atoms with Gasteiger partial charge in [-0.2, -0.15) is 0 Å². The lowest BCUT2D eigenvalue weighted by Crippen LogP contribution is -2.25. The molecule has 1 saturated carbocycles. The van der Waals surface area contributed by atoms with Crippen LogP contribution in [-0.4, -0.2) is 35.2 Å². The van der Waals surface area contributed by atoms with Crippen molar-refractivity contribution in [3.63, 3.8) is 0 Å². The lowest BCUT2D eigenvalue weighted by atomic mass is 10.3. The molecule has 19 heavy (non-hydrogen) atoms. The molecule has 0 heterocycles. The summed E-state index contributed by atoms with van der Waals surface area (Å²) in [7, 11) is -1.52. The number of benzene rings is 1. The minimum absolute atomic E-state index is 0.286. The Hall–Kier alpha value is -1.11. The molecule has 0 saturated heterocycles. The van der Waals surface area contributed by atoms with Crippen LogP contribution in [0.1, 0.15) is 12.8 Å². The summed E-state index contributed by atoms with van der Waals surface area (Å²) in [6.45, 7) is 1.86. The molecule has 1 aliphatic rings. The van der Waals surface area contributed by atoms with Crippen LogP contribution in [-0.2, 0) is 10.0 Å². The van der Waals surface area contributed by atoms with Crippen LogP contribution in [0.2, 0.25) is 0 Å². The van der Waals surface area contributed by atoms with Gasteiger partial charge in [-0.3, -0.25) is 0 Å². The van der Waals surface area contributed by atoms with E-state index in [-0.39, 0.29) is 4.90 Å². The second-order valence-electron chi connectivity index (χ2n) is 4.72. The maximum absolute atomic E-state index is 12.0. The Balaban J connectivity index is 1.92. The number of rotatable bonds is 8. The summed E-state index contributed by atoms with van der Waals surface area (Å²) in [6, 6.07) is 6.51. The highest BCUT2D eigenvalue weighted by Gasteiger charge is 2.24. The zero-order valence-electron chi connectivity index (χ0n) is 11.1. The zero-order valence-corrected chi connectivity index (χ0v) is 11.9. The highest BCUT2D eigenvalue weighted by Crippen LogP contribution is 2.28. The predicted octanol–water partition coefficient (Wildman–Crippen LogP) is 0.973. The van der Waals surface area contributed by atoms with Gasteiger partial charge in [-0.15, -0.1) is 0 Å². The van der Waals surface area contributed by atoms with Crippen LogP contribution in [0.25, 0.3) is 0 Å². The van der Waals surface area contributed by atoms with Crippen molar-refractivity contribution in [1.82, 2.24) is 10.0 Å². The first kappa shape index (κ1) is 14.3. The van der Waals surface area contributed by atoms with Crippen molar-refractivity contribution in [3.8, 4) is 5.75 Å². The zero-order chi connectivity index (χ0) is 13.7. The fourth-order valence-electron chi connectivity index (χ4n) is 1.62. The number of hydrogen-bond acceptors (Lipinski definition) is 4. The molecule has 1 fully saturated rings. The Kier molecular flexibility index (Phi) is 4.79. The Labute approximate surface area is 114 Å². The normalized spacial score (nSPS) is 15.4. The van der Waals surface area contributed by atoms with E-state index in [9.17, 15) is 8.42 Å². The van der Waals surface area contributed by atoms with Gasteiger partial charge in [-0.05, 0) is 50.1 Å². The Morgan fingerprint density at radius 2 is 1.95 bits per heavy atom. The largest absolute Gasteiger partial charge is 0.492 e. The van der Waals surface area contributed by atoms with E-state index in [1.165, 1.54) is 0 Å². The monoisotopic (exact) mass is 284 g/mol. The Morgan fingerprint density at radius 3 is 2.53 bits per heavy atom. The van der Waals surface area contributed by atoms with Gasteiger partial charge in [-0.25, -0.2) is 13.1 Å². The molecule has 106 valence electrons. The van der Waals surface area contributed by atoms with Gasteiger partial charge < -0.3 is 10.1 Å². The first-order valence-corrected chi connectivity index (χ1v) is 7.97. The molecule has 1 aromatic rings. The third-order valence-electron chi connectivity index (χ3n) is 3.01. The molecule has 5 nitrogen and oxygen atoms in total. The van der Waals surface area contributed by atoms with Gasteiger partial charge in [0.15, 0.2) is 0 Å². The first-order chi connectivity index (χ1) is 9.12. The lowest BCUT2D eigenvalue weighted by Gasteiger charge is -2.08. The summed E-state index contributed by atoms with van der Waals surface area (Å²) < 4.78 is 32.0. The second kappa shape index (κ2) is 6.36. The minimum Gasteiger partial charge on any atom is -0.492 e. The minimum atomic E-state index is -3.38. The van der Waals surface area contributed by atoms with Crippen LogP contribution in [0.15, 0.2) is 29.2 Å². The quantitative estimate of drug-likeness (QED) is 0.698. The summed E-state index contributed by atoms with van der Waals surface area (Å²) in [5, 5.41) is 2.98. The van der Waals surface area contributed by atoms with Crippen molar-refractivity contribution >= 4 is 10.0 Å². The van der Waals surface area contributed by atoms with E-state index in [1.807, 2.05) is 7.05 Å². The fraction of sp³-hybridized carbons (Fsp3) is 0.538. The van der Waals surface area contributed by atoms with Crippen molar-refractivity contribution in [2.24, 2.45) is 5.92 Å². The van der Waals surface area contributed by atoms with Gasteiger partial charge in [-0.1, -0.05) is 0 Å². The molecule has 6 heteroatoms. The average Bonchev–Trinajstić information content (AvgIpc) is 3.22. The van der Waals surface area contributed by atoms with E-state index >= 15 is 0 Å². The van der Waals surface area contributed by atoms with Crippen LogP contribution in [0.5, 0.6) is 5.75 Å². The maximum atomic E-state index is 12.0. The Morgan fingerprint density at radius 1 is 1.26 bits per heavy atom. The Bertz CT molecular complexity index is 495. The summed E-state index contributed by atoms with van der Waals surface area (Å²) >= 11 is 0. The highest BCUT2D eigenvalue weighted by molar-refractivity contribution is 7.89. The van der Waals surface area contributed by atoms with Gasteiger partial charge >= 0.3 is 0 Å². The van der Waals surface area contributed by atoms with Crippen LogP contribution in [0, 0.1) is 5.92 Å². The molecule has 0 radical (unpaired) electrons. The third-order valence-corrected chi connectivity index (χ3v) is 4.45. The third kappa shape index (κ3) is 4.49. The molecule has 0 atom stereocenters. The van der Waals surface area contributed by atoms with Crippen molar-refractivity contribution in [2.75, 3.05) is 26.7 Å². The van der Waals surface area contributed by atoms with Crippen molar-refractivity contribution in [2.45, 2.75) is 17.7 Å². The molecule has 0 unspecified atom stereocenters. The topological polar surface area (TPSA) is 67.4 Å². The predicted molar refractivity (Wildman–Crippen MR) is 73.8 cm³/mol. The molecular weight excluding hydrogens is 264 g/mol.